The SMILES string of the molecule is COc1ccc(/C=C(/Sc2nc3ccccc3o2)C(=O)O)cc1[N+](=O)[O-]. The maximum absolute atomic E-state index is 11.5. The van der Waals surface area contributed by atoms with Crippen molar-refractivity contribution >= 4 is 40.6 Å². The summed E-state index contributed by atoms with van der Waals surface area (Å²) in [4.78, 5) is 26.2. The quantitative estimate of drug-likeness (QED) is 0.299. The molecule has 0 saturated heterocycles. The highest BCUT2D eigenvalue weighted by atomic mass is 32.2. The summed E-state index contributed by atoms with van der Waals surface area (Å²) < 4.78 is 10.4. The van der Waals surface area contributed by atoms with E-state index in [0.717, 1.165) is 11.8 Å². The van der Waals surface area contributed by atoms with Gasteiger partial charge in [-0.3, -0.25) is 10.1 Å². The molecule has 26 heavy (non-hydrogen) atoms. The fraction of sp³-hybridized carbons (Fsp3) is 0.0588. The molecular formula is C17H12N2O6S. The number of aromatic nitrogens is 1. The molecule has 0 fully saturated rings. The molecule has 9 heteroatoms. The number of aliphatic carboxylic acids is 1. The number of nitro benzene ring substituents is 1. The van der Waals surface area contributed by atoms with Crippen LogP contribution in [0.3, 0.4) is 0 Å². The molecule has 2 aromatic carbocycles. The zero-order valence-corrected chi connectivity index (χ0v) is 14.2. The second-order valence-electron chi connectivity index (χ2n) is 5.05. The number of carboxylic acid groups (broad SMARTS) is 1. The number of oxazole rings is 1. The van der Waals surface area contributed by atoms with E-state index in [2.05, 4.69) is 4.98 Å². The number of methoxy groups -OCH3 is 1. The number of nitrogens with zero attached hydrogens (tertiary/aromatic N) is 2. The van der Waals surface area contributed by atoms with Crippen molar-refractivity contribution in [3.8, 4) is 5.75 Å². The highest BCUT2D eigenvalue weighted by molar-refractivity contribution is 8.03. The van der Waals surface area contributed by atoms with Gasteiger partial charge in [-0.25, -0.2) is 9.78 Å². The highest BCUT2D eigenvalue weighted by Gasteiger charge is 2.18. The van der Waals surface area contributed by atoms with Crippen molar-refractivity contribution in [3.05, 3.63) is 63.0 Å². The lowest BCUT2D eigenvalue weighted by Gasteiger charge is -2.03. The van der Waals surface area contributed by atoms with E-state index in [-0.39, 0.29) is 21.6 Å². The molecule has 1 heterocycles. The average Bonchev–Trinajstić information content (AvgIpc) is 3.03. The number of para-hydroxylation sites is 2. The number of nitro groups is 1. The summed E-state index contributed by atoms with van der Waals surface area (Å²) >= 11 is 0.824. The van der Waals surface area contributed by atoms with Gasteiger partial charge >= 0.3 is 11.7 Å². The summed E-state index contributed by atoms with van der Waals surface area (Å²) in [7, 11) is 1.32. The van der Waals surface area contributed by atoms with Gasteiger partial charge in [0.2, 0.25) is 0 Å². The Labute approximate surface area is 151 Å². The number of benzene rings is 2. The standard InChI is InChI=1S/C17H12N2O6S/c1-24-14-7-6-10(8-12(14)19(22)23)9-15(16(20)21)26-17-18-11-4-2-3-5-13(11)25-17/h2-9H,1H3,(H,20,21)/b15-9+. The first kappa shape index (κ1) is 17.5. The number of carbonyl (C=O) groups is 1. The summed E-state index contributed by atoms with van der Waals surface area (Å²) in [6.07, 6.45) is 1.31. The van der Waals surface area contributed by atoms with Gasteiger partial charge in [-0.1, -0.05) is 18.2 Å². The lowest BCUT2D eigenvalue weighted by molar-refractivity contribution is -0.385. The van der Waals surface area contributed by atoms with Crippen molar-refractivity contribution < 1.29 is 24.0 Å². The Morgan fingerprint density at radius 3 is 2.77 bits per heavy atom. The molecule has 0 unspecified atom stereocenters. The number of ether oxygens (including phenoxy) is 1. The first-order valence-corrected chi connectivity index (χ1v) is 8.10. The fourth-order valence-electron chi connectivity index (χ4n) is 2.21. The fourth-order valence-corrected chi connectivity index (χ4v) is 2.96. The summed E-state index contributed by atoms with van der Waals surface area (Å²) in [5.74, 6) is -1.11. The number of thioether (sulfide) groups is 1. The molecule has 1 N–H and O–H groups in total. The predicted molar refractivity (Wildman–Crippen MR) is 95.1 cm³/mol. The Morgan fingerprint density at radius 1 is 1.35 bits per heavy atom. The van der Waals surface area contributed by atoms with Crippen LogP contribution in [0.2, 0.25) is 0 Å². The molecule has 0 radical (unpaired) electrons. The van der Waals surface area contributed by atoms with Crippen molar-refractivity contribution in [3.63, 3.8) is 0 Å². The molecule has 0 aliphatic heterocycles. The van der Waals surface area contributed by atoms with Crippen LogP contribution in [0.25, 0.3) is 17.2 Å². The highest BCUT2D eigenvalue weighted by Crippen LogP contribution is 2.33. The number of hydrogen-bond donors (Lipinski definition) is 1. The van der Waals surface area contributed by atoms with E-state index in [1.807, 2.05) is 0 Å². The van der Waals surface area contributed by atoms with Gasteiger partial charge in [0.15, 0.2) is 11.3 Å². The molecule has 0 atom stereocenters. The maximum atomic E-state index is 11.5. The molecule has 1 aromatic heterocycles. The Balaban J connectivity index is 1.95. The van der Waals surface area contributed by atoms with E-state index >= 15 is 0 Å². The molecule has 3 aromatic rings. The minimum Gasteiger partial charge on any atom is -0.490 e. The first-order valence-electron chi connectivity index (χ1n) is 7.29. The summed E-state index contributed by atoms with van der Waals surface area (Å²) in [5.41, 5.74) is 1.25. The van der Waals surface area contributed by atoms with Gasteiger partial charge in [-0.15, -0.1) is 0 Å². The van der Waals surface area contributed by atoms with Gasteiger partial charge in [0.1, 0.15) is 10.4 Å². The lowest BCUT2D eigenvalue weighted by Crippen LogP contribution is -1.98. The van der Waals surface area contributed by atoms with E-state index in [4.69, 9.17) is 9.15 Å². The van der Waals surface area contributed by atoms with Gasteiger partial charge in [0, 0.05) is 6.07 Å². The van der Waals surface area contributed by atoms with Crippen LogP contribution in [0.4, 0.5) is 5.69 Å². The van der Waals surface area contributed by atoms with E-state index in [0.29, 0.717) is 16.7 Å². The molecule has 8 nitrogen and oxygen atoms in total. The molecule has 0 aliphatic rings. The Bertz CT molecular complexity index is 994. The number of fused-ring (bicyclic) bond motifs is 1. The van der Waals surface area contributed by atoms with E-state index < -0.39 is 10.9 Å². The minimum absolute atomic E-state index is 0.0870. The summed E-state index contributed by atoms with van der Waals surface area (Å²) in [6.45, 7) is 0. The van der Waals surface area contributed by atoms with Crippen LogP contribution in [0.15, 0.2) is 57.0 Å². The molecule has 0 aliphatic carbocycles. The van der Waals surface area contributed by atoms with E-state index in [9.17, 15) is 20.0 Å². The predicted octanol–water partition coefficient (Wildman–Crippen LogP) is 3.96. The molecular weight excluding hydrogens is 360 g/mol. The third-order valence-electron chi connectivity index (χ3n) is 3.38. The van der Waals surface area contributed by atoms with Crippen molar-refractivity contribution in [1.29, 1.82) is 0 Å². The average molecular weight is 372 g/mol. The summed E-state index contributed by atoms with van der Waals surface area (Å²) in [6, 6.07) is 11.2. The Kier molecular flexibility index (Phi) is 4.90. The monoisotopic (exact) mass is 372 g/mol. The van der Waals surface area contributed by atoms with Crippen LogP contribution >= 0.6 is 11.8 Å². The van der Waals surface area contributed by atoms with Crippen molar-refractivity contribution in [2.45, 2.75) is 5.22 Å². The van der Waals surface area contributed by atoms with Gasteiger partial charge in [-0.2, -0.15) is 0 Å². The maximum Gasteiger partial charge on any atom is 0.342 e. The zero-order chi connectivity index (χ0) is 18.7. The molecule has 132 valence electrons. The lowest BCUT2D eigenvalue weighted by atomic mass is 10.1. The molecule has 3 rings (SSSR count). The molecule has 0 amide bonds. The van der Waals surface area contributed by atoms with Crippen LogP contribution in [-0.2, 0) is 4.79 Å². The van der Waals surface area contributed by atoms with Crippen LogP contribution in [-0.4, -0.2) is 28.1 Å². The molecule has 0 spiro atoms. The third kappa shape index (κ3) is 3.67. The number of rotatable bonds is 6. The topological polar surface area (TPSA) is 116 Å². The van der Waals surface area contributed by atoms with Crippen LogP contribution in [0.1, 0.15) is 5.56 Å². The smallest absolute Gasteiger partial charge is 0.342 e. The largest absolute Gasteiger partial charge is 0.490 e. The third-order valence-corrected chi connectivity index (χ3v) is 4.24. The van der Waals surface area contributed by atoms with Crippen molar-refractivity contribution in [1.82, 2.24) is 4.98 Å². The van der Waals surface area contributed by atoms with Crippen LogP contribution < -0.4 is 4.74 Å². The van der Waals surface area contributed by atoms with Crippen molar-refractivity contribution in [2.75, 3.05) is 7.11 Å². The second-order valence-corrected chi connectivity index (χ2v) is 6.04. The zero-order valence-electron chi connectivity index (χ0n) is 13.4. The Morgan fingerprint density at radius 2 is 2.12 bits per heavy atom. The van der Waals surface area contributed by atoms with Gasteiger partial charge < -0.3 is 14.3 Å². The second kappa shape index (κ2) is 7.28. The summed E-state index contributed by atoms with van der Waals surface area (Å²) in [5, 5.41) is 20.7. The molecule has 0 saturated carbocycles. The van der Waals surface area contributed by atoms with Crippen molar-refractivity contribution in [2.24, 2.45) is 0 Å². The minimum atomic E-state index is -1.20. The van der Waals surface area contributed by atoms with Gasteiger partial charge in [0.05, 0.1) is 12.0 Å². The van der Waals surface area contributed by atoms with Gasteiger partial charge in [-0.05, 0) is 41.6 Å². The Hall–Kier alpha value is -3.33. The van der Waals surface area contributed by atoms with E-state index in [1.54, 1.807) is 24.3 Å². The van der Waals surface area contributed by atoms with Crippen LogP contribution in [0, 0.1) is 10.1 Å². The van der Waals surface area contributed by atoms with Crippen LogP contribution in [0.5, 0.6) is 5.75 Å². The number of hydrogen-bond acceptors (Lipinski definition) is 7. The molecule has 0 bridgehead atoms. The van der Waals surface area contributed by atoms with E-state index in [1.165, 1.54) is 31.4 Å². The number of carboxylic acids is 1. The first-order chi connectivity index (χ1) is 12.5. The van der Waals surface area contributed by atoms with Gasteiger partial charge in [0.25, 0.3) is 5.22 Å². The normalized spacial score (nSPS) is 11.5.